The zero-order chi connectivity index (χ0) is 17.1. The summed E-state index contributed by atoms with van der Waals surface area (Å²) in [5.74, 6) is 1.21. The average molecular weight is 323 g/mol. The molecule has 0 atom stereocenters. The van der Waals surface area contributed by atoms with Crippen LogP contribution >= 0.6 is 0 Å². The molecule has 124 valence electrons. The van der Waals surface area contributed by atoms with Crippen LogP contribution in [0.25, 0.3) is 22.6 Å². The highest BCUT2D eigenvalue weighted by atomic mass is 16.5. The number of aromatic hydroxyl groups is 1. The number of phenolic OH excluding ortho intramolecular Hbond substituents is 1. The third kappa shape index (κ3) is 3.13. The zero-order valence-electron chi connectivity index (χ0n) is 14.2. The summed E-state index contributed by atoms with van der Waals surface area (Å²) in [6.45, 7) is 4.16. The molecular weight excluding hydrogens is 302 g/mol. The van der Waals surface area contributed by atoms with Gasteiger partial charge in [0.15, 0.2) is 17.3 Å². The smallest absolute Gasteiger partial charge is 0.167 e. The van der Waals surface area contributed by atoms with Crippen molar-refractivity contribution in [2.45, 2.75) is 26.7 Å². The van der Waals surface area contributed by atoms with Crippen LogP contribution in [0.2, 0.25) is 0 Å². The Morgan fingerprint density at radius 3 is 2.54 bits per heavy atom. The van der Waals surface area contributed by atoms with Crippen LogP contribution in [0.1, 0.15) is 24.5 Å². The van der Waals surface area contributed by atoms with E-state index in [9.17, 15) is 5.11 Å². The Morgan fingerprint density at radius 1 is 1.12 bits per heavy atom. The van der Waals surface area contributed by atoms with Gasteiger partial charge in [0, 0.05) is 17.2 Å². The third-order valence-electron chi connectivity index (χ3n) is 4.02. The molecule has 0 aliphatic carbocycles. The monoisotopic (exact) mass is 323 g/mol. The maximum absolute atomic E-state index is 10.4. The second-order valence-corrected chi connectivity index (χ2v) is 5.89. The Morgan fingerprint density at radius 2 is 1.88 bits per heavy atom. The summed E-state index contributed by atoms with van der Waals surface area (Å²) in [7, 11) is 1.55. The fraction of sp³-hybridized carbons (Fsp3) is 0.250. The second-order valence-electron chi connectivity index (χ2n) is 5.89. The molecule has 3 aromatic rings. The van der Waals surface area contributed by atoms with Crippen molar-refractivity contribution in [1.29, 1.82) is 0 Å². The Hall–Kier alpha value is -2.75. The van der Waals surface area contributed by atoms with Crippen molar-refractivity contribution in [2.75, 3.05) is 7.11 Å². The topological polar surface area (TPSA) is 55.5 Å². The SMILES string of the molecule is CCCc1cc(OC)c(O)c(-c2cc(-c3ccc(C)cc3)on2)c1. The molecule has 0 aliphatic rings. The zero-order valence-corrected chi connectivity index (χ0v) is 14.2. The quantitative estimate of drug-likeness (QED) is 0.719. The lowest BCUT2D eigenvalue weighted by Gasteiger charge is -2.10. The van der Waals surface area contributed by atoms with Gasteiger partial charge in [-0.25, -0.2) is 0 Å². The number of aryl methyl sites for hydroxylation is 2. The minimum atomic E-state index is 0.0844. The largest absolute Gasteiger partial charge is 0.504 e. The molecule has 0 unspecified atom stereocenters. The molecule has 0 fully saturated rings. The first kappa shape index (κ1) is 16.1. The summed E-state index contributed by atoms with van der Waals surface area (Å²) in [4.78, 5) is 0. The molecule has 4 heteroatoms. The molecule has 1 heterocycles. The summed E-state index contributed by atoms with van der Waals surface area (Å²) in [6.07, 6.45) is 1.92. The fourth-order valence-electron chi connectivity index (χ4n) is 2.70. The van der Waals surface area contributed by atoms with E-state index in [4.69, 9.17) is 9.26 Å². The van der Waals surface area contributed by atoms with Gasteiger partial charge in [-0.05, 0) is 31.0 Å². The van der Waals surface area contributed by atoms with E-state index in [1.54, 1.807) is 7.11 Å². The number of rotatable bonds is 5. The van der Waals surface area contributed by atoms with Gasteiger partial charge in [0.1, 0.15) is 5.69 Å². The van der Waals surface area contributed by atoms with Gasteiger partial charge in [0.2, 0.25) is 0 Å². The van der Waals surface area contributed by atoms with Crippen molar-refractivity contribution in [3.63, 3.8) is 0 Å². The number of hydrogen-bond donors (Lipinski definition) is 1. The Labute approximate surface area is 141 Å². The first-order valence-electron chi connectivity index (χ1n) is 8.06. The van der Waals surface area contributed by atoms with Crippen LogP contribution in [0.3, 0.4) is 0 Å². The number of ether oxygens (including phenoxy) is 1. The summed E-state index contributed by atoms with van der Waals surface area (Å²) in [6, 6.07) is 13.7. The van der Waals surface area contributed by atoms with E-state index in [0.29, 0.717) is 22.8 Å². The Kier molecular flexibility index (Phi) is 4.56. The van der Waals surface area contributed by atoms with Crippen molar-refractivity contribution >= 4 is 0 Å². The molecular formula is C20H21NO3. The molecule has 0 spiro atoms. The van der Waals surface area contributed by atoms with Crippen molar-refractivity contribution in [1.82, 2.24) is 5.16 Å². The van der Waals surface area contributed by atoms with Crippen LogP contribution in [-0.4, -0.2) is 17.4 Å². The molecule has 0 saturated heterocycles. The molecule has 0 aliphatic heterocycles. The molecule has 1 aromatic heterocycles. The molecule has 4 nitrogen and oxygen atoms in total. The van der Waals surface area contributed by atoms with E-state index in [1.807, 2.05) is 49.4 Å². The number of nitrogens with zero attached hydrogens (tertiary/aromatic N) is 1. The van der Waals surface area contributed by atoms with Gasteiger partial charge >= 0.3 is 0 Å². The van der Waals surface area contributed by atoms with Gasteiger partial charge in [-0.1, -0.05) is 48.3 Å². The van der Waals surface area contributed by atoms with Crippen molar-refractivity contribution < 1.29 is 14.4 Å². The number of hydrogen-bond acceptors (Lipinski definition) is 4. The average Bonchev–Trinajstić information content (AvgIpc) is 3.07. The highest BCUT2D eigenvalue weighted by Gasteiger charge is 2.16. The molecule has 2 aromatic carbocycles. The van der Waals surface area contributed by atoms with E-state index in [-0.39, 0.29) is 5.75 Å². The normalized spacial score (nSPS) is 10.8. The maximum Gasteiger partial charge on any atom is 0.167 e. The molecule has 0 radical (unpaired) electrons. The second kappa shape index (κ2) is 6.79. The van der Waals surface area contributed by atoms with Gasteiger partial charge in [-0.15, -0.1) is 0 Å². The molecule has 0 amide bonds. The van der Waals surface area contributed by atoms with E-state index in [1.165, 1.54) is 5.56 Å². The van der Waals surface area contributed by atoms with Gasteiger partial charge in [0.25, 0.3) is 0 Å². The highest BCUT2D eigenvalue weighted by molar-refractivity contribution is 5.74. The van der Waals surface area contributed by atoms with E-state index in [2.05, 4.69) is 12.1 Å². The lowest BCUT2D eigenvalue weighted by molar-refractivity contribution is 0.373. The minimum absolute atomic E-state index is 0.0844. The predicted octanol–water partition coefficient (Wildman–Crippen LogP) is 4.98. The lowest BCUT2D eigenvalue weighted by atomic mass is 10.0. The van der Waals surface area contributed by atoms with Crippen LogP contribution in [-0.2, 0) is 6.42 Å². The molecule has 0 bridgehead atoms. The van der Waals surface area contributed by atoms with Crippen molar-refractivity contribution in [3.05, 3.63) is 53.6 Å². The molecule has 0 saturated carbocycles. The summed E-state index contributed by atoms with van der Waals surface area (Å²) in [5.41, 5.74) is 4.46. The predicted molar refractivity (Wildman–Crippen MR) is 94.3 cm³/mol. The standard InChI is InChI=1S/C20H21NO3/c1-4-5-14-10-16(20(22)19(11-14)23-3)17-12-18(24-21-17)15-8-6-13(2)7-9-15/h6-12,22H,4-5H2,1-3H3. The first-order valence-corrected chi connectivity index (χ1v) is 8.06. The highest BCUT2D eigenvalue weighted by Crippen LogP contribution is 2.39. The molecule has 3 rings (SSSR count). The number of aromatic nitrogens is 1. The van der Waals surface area contributed by atoms with Crippen molar-refractivity contribution in [3.8, 4) is 34.1 Å². The summed E-state index contributed by atoms with van der Waals surface area (Å²) < 4.78 is 10.8. The number of phenols is 1. The molecule has 1 N–H and O–H groups in total. The Balaban J connectivity index is 2.03. The first-order chi connectivity index (χ1) is 11.6. The fourth-order valence-corrected chi connectivity index (χ4v) is 2.70. The summed E-state index contributed by atoms with van der Waals surface area (Å²) in [5, 5.41) is 14.6. The Bertz CT molecular complexity index is 835. The van der Waals surface area contributed by atoms with Gasteiger partial charge in [0.05, 0.1) is 7.11 Å². The third-order valence-corrected chi connectivity index (χ3v) is 4.02. The summed E-state index contributed by atoms with van der Waals surface area (Å²) >= 11 is 0. The van der Waals surface area contributed by atoms with Crippen molar-refractivity contribution in [2.24, 2.45) is 0 Å². The van der Waals surface area contributed by atoms with Crippen LogP contribution in [0.4, 0.5) is 0 Å². The maximum atomic E-state index is 10.4. The lowest BCUT2D eigenvalue weighted by Crippen LogP contribution is -1.91. The van der Waals surface area contributed by atoms with Crippen LogP contribution in [0, 0.1) is 6.92 Å². The molecule has 24 heavy (non-hydrogen) atoms. The number of methoxy groups -OCH3 is 1. The minimum Gasteiger partial charge on any atom is -0.504 e. The van der Waals surface area contributed by atoms with Crippen LogP contribution in [0.15, 0.2) is 47.0 Å². The van der Waals surface area contributed by atoms with Gasteiger partial charge in [-0.2, -0.15) is 0 Å². The number of benzene rings is 2. The van der Waals surface area contributed by atoms with Crippen LogP contribution < -0.4 is 4.74 Å². The van der Waals surface area contributed by atoms with E-state index < -0.39 is 0 Å². The van der Waals surface area contributed by atoms with Gasteiger partial charge in [-0.3, -0.25) is 0 Å². The van der Waals surface area contributed by atoms with Crippen LogP contribution in [0.5, 0.6) is 11.5 Å². The van der Waals surface area contributed by atoms with Gasteiger partial charge < -0.3 is 14.4 Å². The van der Waals surface area contributed by atoms with E-state index in [0.717, 1.165) is 24.0 Å². The van der Waals surface area contributed by atoms with E-state index >= 15 is 0 Å².